The fourth-order valence-electron chi connectivity index (χ4n) is 2.43. The van der Waals surface area contributed by atoms with E-state index in [2.05, 4.69) is 10.3 Å². The highest BCUT2D eigenvalue weighted by Crippen LogP contribution is 2.34. The molecule has 0 saturated heterocycles. The van der Waals surface area contributed by atoms with Gasteiger partial charge in [-0.2, -0.15) is 0 Å². The van der Waals surface area contributed by atoms with E-state index in [0.717, 1.165) is 9.79 Å². The molecule has 130 valence electrons. The normalized spacial score (nSPS) is 11.0. The number of carbonyl (C=O) groups is 1. The van der Waals surface area contributed by atoms with Crippen LogP contribution in [0.3, 0.4) is 0 Å². The number of carbonyl (C=O) groups excluding carboxylic acids is 1. The Balaban J connectivity index is 1.62. The molecular formula is C18H11Cl2N3OS2. The molecule has 0 unspecified atom stereocenters. The number of amides is 1. The van der Waals surface area contributed by atoms with Crippen LogP contribution in [0.2, 0.25) is 10.2 Å². The molecule has 4 aromatic rings. The molecule has 4 rings (SSSR count). The molecule has 2 aromatic heterocycles. The van der Waals surface area contributed by atoms with E-state index < -0.39 is 0 Å². The first kappa shape index (κ1) is 17.4. The van der Waals surface area contributed by atoms with Gasteiger partial charge in [0.25, 0.3) is 5.91 Å². The first-order chi connectivity index (χ1) is 12.6. The Bertz CT molecular complexity index is 1090. The maximum Gasteiger partial charge on any atom is 0.275 e. The van der Waals surface area contributed by atoms with Crippen LogP contribution in [0, 0.1) is 0 Å². The van der Waals surface area contributed by atoms with Crippen molar-refractivity contribution in [1.29, 1.82) is 0 Å². The van der Waals surface area contributed by atoms with Crippen molar-refractivity contribution in [3.8, 4) is 0 Å². The van der Waals surface area contributed by atoms with Crippen LogP contribution < -0.4 is 5.32 Å². The molecule has 0 aliphatic rings. The molecule has 2 heterocycles. The molecule has 26 heavy (non-hydrogen) atoms. The lowest BCUT2D eigenvalue weighted by molar-refractivity contribution is 0.102. The van der Waals surface area contributed by atoms with E-state index in [1.807, 2.05) is 53.9 Å². The maximum absolute atomic E-state index is 12.8. The van der Waals surface area contributed by atoms with E-state index in [-0.39, 0.29) is 11.1 Å². The molecular weight excluding hydrogens is 409 g/mol. The lowest BCUT2D eigenvalue weighted by atomic mass is 10.3. The number of nitrogens with zero attached hydrogens (tertiary/aromatic N) is 2. The summed E-state index contributed by atoms with van der Waals surface area (Å²) in [6.45, 7) is 0. The van der Waals surface area contributed by atoms with Gasteiger partial charge in [0, 0.05) is 26.4 Å². The quantitative estimate of drug-likeness (QED) is 0.434. The van der Waals surface area contributed by atoms with E-state index >= 15 is 0 Å². The van der Waals surface area contributed by atoms with Gasteiger partial charge >= 0.3 is 0 Å². The predicted molar refractivity (Wildman–Crippen MR) is 108 cm³/mol. The van der Waals surface area contributed by atoms with Gasteiger partial charge in [0.15, 0.2) is 15.8 Å². The van der Waals surface area contributed by atoms with Gasteiger partial charge < -0.3 is 5.32 Å². The number of nitrogens with one attached hydrogen (secondary N) is 1. The molecule has 0 aliphatic heterocycles. The number of thiazole rings is 1. The van der Waals surface area contributed by atoms with Crippen molar-refractivity contribution in [3.63, 3.8) is 0 Å². The minimum Gasteiger partial charge on any atom is -0.320 e. The van der Waals surface area contributed by atoms with Crippen molar-refractivity contribution in [1.82, 2.24) is 9.38 Å². The van der Waals surface area contributed by atoms with Gasteiger partial charge in [0.05, 0.1) is 5.69 Å². The van der Waals surface area contributed by atoms with Crippen LogP contribution in [0.15, 0.2) is 69.9 Å². The first-order valence-corrected chi connectivity index (χ1v) is 10.0. The highest BCUT2D eigenvalue weighted by molar-refractivity contribution is 7.99. The van der Waals surface area contributed by atoms with Crippen molar-refractivity contribution in [2.24, 2.45) is 0 Å². The van der Waals surface area contributed by atoms with Crippen LogP contribution in [-0.2, 0) is 0 Å². The number of para-hydroxylation sites is 1. The summed E-state index contributed by atoms with van der Waals surface area (Å²) in [4.78, 5) is 19.6. The lowest BCUT2D eigenvalue weighted by Crippen LogP contribution is -2.15. The Hall–Kier alpha value is -1.99. The van der Waals surface area contributed by atoms with Crippen molar-refractivity contribution in [3.05, 3.63) is 76.0 Å². The topological polar surface area (TPSA) is 46.4 Å². The molecule has 0 saturated carbocycles. The molecule has 0 atom stereocenters. The second-order valence-electron chi connectivity index (χ2n) is 5.31. The molecule has 0 radical (unpaired) electrons. The summed E-state index contributed by atoms with van der Waals surface area (Å²) < 4.78 is 1.69. The third kappa shape index (κ3) is 3.46. The number of hydrogen-bond acceptors (Lipinski definition) is 4. The zero-order valence-corrected chi connectivity index (χ0v) is 16.3. The number of rotatable bonds is 4. The highest BCUT2D eigenvalue weighted by Gasteiger charge is 2.19. The Kier molecular flexibility index (Phi) is 4.91. The second-order valence-corrected chi connectivity index (χ2v) is 8.10. The standard InChI is InChI=1S/C18H11Cl2N3OS2/c19-11-5-7-12(8-6-11)26-14-4-2-1-3-13(14)21-17(24)15-16(20)22-18-23(15)9-10-25-18/h1-10H,(H,21,24). The highest BCUT2D eigenvalue weighted by atomic mass is 35.5. The van der Waals surface area contributed by atoms with Gasteiger partial charge in [-0.05, 0) is 36.4 Å². The van der Waals surface area contributed by atoms with Crippen LogP contribution in [0.4, 0.5) is 5.69 Å². The summed E-state index contributed by atoms with van der Waals surface area (Å²) in [6, 6.07) is 15.2. The summed E-state index contributed by atoms with van der Waals surface area (Å²) in [5.41, 5.74) is 1.04. The lowest BCUT2D eigenvalue weighted by Gasteiger charge is -2.10. The molecule has 1 N–H and O–H groups in total. The predicted octanol–water partition coefficient (Wildman–Crippen LogP) is 6.11. The Morgan fingerprint density at radius 3 is 2.69 bits per heavy atom. The van der Waals surface area contributed by atoms with Crippen molar-refractivity contribution in [2.75, 3.05) is 5.32 Å². The zero-order chi connectivity index (χ0) is 18.1. The van der Waals surface area contributed by atoms with Crippen LogP contribution in [0.1, 0.15) is 10.5 Å². The molecule has 0 spiro atoms. The average Bonchev–Trinajstić information content (AvgIpc) is 3.18. The van der Waals surface area contributed by atoms with Gasteiger partial charge in [-0.25, -0.2) is 4.98 Å². The zero-order valence-electron chi connectivity index (χ0n) is 13.1. The smallest absolute Gasteiger partial charge is 0.275 e. The largest absolute Gasteiger partial charge is 0.320 e. The summed E-state index contributed by atoms with van der Waals surface area (Å²) in [5, 5.41) is 5.68. The van der Waals surface area contributed by atoms with Crippen LogP contribution in [0.5, 0.6) is 0 Å². The Morgan fingerprint density at radius 2 is 1.88 bits per heavy atom. The van der Waals surface area contributed by atoms with E-state index in [1.54, 1.807) is 22.4 Å². The number of halogens is 2. The van der Waals surface area contributed by atoms with Gasteiger partial charge in [-0.3, -0.25) is 9.20 Å². The summed E-state index contributed by atoms with van der Waals surface area (Å²) in [7, 11) is 0. The Morgan fingerprint density at radius 1 is 1.12 bits per heavy atom. The molecule has 2 aromatic carbocycles. The monoisotopic (exact) mass is 419 g/mol. The number of anilines is 1. The van der Waals surface area contributed by atoms with Crippen molar-refractivity contribution < 1.29 is 4.79 Å². The number of imidazole rings is 1. The fourth-order valence-corrected chi connectivity index (χ4v) is 4.48. The summed E-state index contributed by atoms with van der Waals surface area (Å²) in [5.74, 6) is -0.301. The van der Waals surface area contributed by atoms with E-state index in [4.69, 9.17) is 23.2 Å². The first-order valence-electron chi connectivity index (χ1n) is 7.56. The minimum absolute atomic E-state index is 0.192. The van der Waals surface area contributed by atoms with E-state index in [9.17, 15) is 4.79 Å². The van der Waals surface area contributed by atoms with Gasteiger partial charge in [-0.1, -0.05) is 47.1 Å². The van der Waals surface area contributed by atoms with Gasteiger partial charge in [0.2, 0.25) is 0 Å². The third-order valence-corrected chi connectivity index (χ3v) is 5.97. The van der Waals surface area contributed by atoms with Crippen LogP contribution in [-0.4, -0.2) is 15.3 Å². The number of hydrogen-bond donors (Lipinski definition) is 1. The summed E-state index contributed by atoms with van der Waals surface area (Å²) >= 11 is 15.1. The average molecular weight is 420 g/mol. The number of aromatic nitrogens is 2. The number of fused-ring (bicyclic) bond motifs is 1. The minimum atomic E-state index is -0.301. The van der Waals surface area contributed by atoms with Crippen molar-refractivity contribution >= 4 is 62.9 Å². The van der Waals surface area contributed by atoms with Crippen LogP contribution >= 0.6 is 46.3 Å². The van der Waals surface area contributed by atoms with E-state index in [0.29, 0.717) is 21.4 Å². The van der Waals surface area contributed by atoms with Crippen LogP contribution in [0.25, 0.3) is 4.96 Å². The maximum atomic E-state index is 12.8. The number of benzene rings is 2. The van der Waals surface area contributed by atoms with Gasteiger partial charge in [-0.15, -0.1) is 11.3 Å². The molecule has 0 fully saturated rings. The molecule has 1 amide bonds. The molecule has 0 aliphatic carbocycles. The molecule has 8 heteroatoms. The molecule has 0 bridgehead atoms. The SMILES string of the molecule is O=C(Nc1ccccc1Sc1ccc(Cl)cc1)c1c(Cl)nc2sccn12. The Labute approximate surface area is 167 Å². The third-order valence-electron chi connectivity index (χ3n) is 3.61. The fraction of sp³-hybridized carbons (Fsp3) is 0. The van der Waals surface area contributed by atoms with Gasteiger partial charge in [0.1, 0.15) is 0 Å². The summed E-state index contributed by atoms with van der Waals surface area (Å²) in [6.07, 6.45) is 1.78. The second kappa shape index (κ2) is 7.32. The van der Waals surface area contributed by atoms with E-state index in [1.165, 1.54) is 11.3 Å². The van der Waals surface area contributed by atoms with Crippen molar-refractivity contribution in [2.45, 2.75) is 9.79 Å². The molecule has 4 nitrogen and oxygen atoms in total.